The van der Waals surface area contributed by atoms with E-state index in [2.05, 4.69) is 6.07 Å². The summed E-state index contributed by atoms with van der Waals surface area (Å²) in [6.45, 7) is 1.55. The zero-order chi connectivity index (χ0) is 24.7. The average Bonchev–Trinajstić information content (AvgIpc) is 2.84. The van der Waals surface area contributed by atoms with Crippen molar-refractivity contribution in [3.8, 4) is 29.1 Å². The van der Waals surface area contributed by atoms with E-state index >= 15 is 0 Å². The van der Waals surface area contributed by atoms with Crippen molar-refractivity contribution >= 4 is 40.8 Å². The number of nitriles is 1. The molecule has 0 aliphatic rings. The predicted octanol–water partition coefficient (Wildman–Crippen LogP) is 6.45. The maximum Gasteiger partial charge on any atom is 0.352 e. The van der Waals surface area contributed by atoms with Crippen LogP contribution < -0.4 is 18.9 Å². The SMILES string of the molecule is COc1ccc(/C(C#N)=C\c2ccc(OC(=O)C(C)Oc3ccc(Cl)cc3Cl)c(OC)c2)cc1. The van der Waals surface area contributed by atoms with Gasteiger partial charge in [0.25, 0.3) is 0 Å². The van der Waals surface area contributed by atoms with Crippen molar-refractivity contribution in [3.63, 3.8) is 0 Å². The quantitative estimate of drug-likeness (QED) is 0.154. The third-order valence-corrected chi connectivity index (χ3v) is 5.29. The molecule has 6 nitrogen and oxygen atoms in total. The van der Waals surface area contributed by atoms with E-state index in [0.717, 1.165) is 5.56 Å². The maximum absolute atomic E-state index is 12.6. The molecule has 0 aliphatic heterocycles. The Morgan fingerprint density at radius 1 is 0.941 bits per heavy atom. The molecule has 3 aromatic rings. The van der Waals surface area contributed by atoms with Gasteiger partial charge in [0.15, 0.2) is 17.6 Å². The van der Waals surface area contributed by atoms with E-state index in [0.29, 0.717) is 33.4 Å². The maximum atomic E-state index is 12.6. The molecule has 0 aromatic heterocycles. The first-order valence-corrected chi connectivity index (χ1v) is 10.9. The standard InChI is InChI=1S/C26H21Cl2NO5/c1-16(33-23-11-7-20(27)14-22(23)28)26(30)34-24-10-4-17(13-25(24)32-3)12-19(15-29)18-5-8-21(31-2)9-6-18/h4-14,16H,1-3H3/b19-12-. The summed E-state index contributed by atoms with van der Waals surface area (Å²) in [4.78, 5) is 12.6. The van der Waals surface area contributed by atoms with Crippen LogP contribution in [0.4, 0.5) is 0 Å². The fourth-order valence-electron chi connectivity index (χ4n) is 2.98. The van der Waals surface area contributed by atoms with Crippen LogP contribution in [0.3, 0.4) is 0 Å². The Morgan fingerprint density at radius 3 is 2.26 bits per heavy atom. The third-order valence-electron chi connectivity index (χ3n) is 4.76. The third kappa shape index (κ3) is 6.22. The normalized spacial score (nSPS) is 11.8. The van der Waals surface area contributed by atoms with Gasteiger partial charge < -0.3 is 18.9 Å². The molecule has 3 aromatic carbocycles. The number of rotatable bonds is 8. The molecule has 0 aliphatic carbocycles. The molecule has 0 N–H and O–H groups in total. The molecule has 0 bridgehead atoms. The number of allylic oxidation sites excluding steroid dienone is 1. The number of ether oxygens (including phenoxy) is 4. The van der Waals surface area contributed by atoms with E-state index < -0.39 is 12.1 Å². The van der Waals surface area contributed by atoms with Crippen molar-refractivity contribution in [2.75, 3.05) is 14.2 Å². The van der Waals surface area contributed by atoms with Gasteiger partial charge in [0.2, 0.25) is 0 Å². The number of hydrogen-bond acceptors (Lipinski definition) is 6. The number of nitrogens with zero attached hydrogens (tertiary/aromatic N) is 1. The molecule has 174 valence electrons. The highest BCUT2D eigenvalue weighted by molar-refractivity contribution is 6.35. The van der Waals surface area contributed by atoms with Crippen LogP contribution in [0.15, 0.2) is 60.7 Å². The summed E-state index contributed by atoms with van der Waals surface area (Å²) in [5.74, 6) is 0.913. The number of carbonyl (C=O) groups is 1. The Bertz CT molecular complexity index is 1250. The van der Waals surface area contributed by atoms with E-state index in [1.54, 1.807) is 74.7 Å². The smallest absolute Gasteiger partial charge is 0.352 e. The molecule has 1 atom stereocenters. The molecule has 34 heavy (non-hydrogen) atoms. The van der Waals surface area contributed by atoms with Crippen molar-refractivity contribution in [2.45, 2.75) is 13.0 Å². The molecular weight excluding hydrogens is 477 g/mol. The highest BCUT2D eigenvalue weighted by Gasteiger charge is 2.20. The summed E-state index contributed by atoms with van der Waals surface area (Å²) < 4.78 is 21.6. The molecule has 0 spiro atoms. The number of halogens is 2. The monoisotopic (exact) mass is 497 g/mol. The van der Waals surface area contributed by atoms with Crippen molar-refractivity contribution in [3.05, 3.63) is 81.8 Å². The second-order valence-electron chi connectivity index (χ2n) is 7.06. The lowest BCUT2D eigenvalue weighted by atomic mass is 10.0. The van der Waals surface area contributed by atoms with Crippen LogP contribution in [0.2, 0.25) is 10.0 Å². The van der Waals surface area contributed by atoms with Gasteiger partial charge in [0.1, 0.15) is 11.5 Å². The highest BCUT2D eigenvalue weighted by atomic mass is 35.5. The Hall–Kier alpha value is -3.66. The van der Waals surface area contributed by atoms with Crippen molar-refractivity contribution in [1.29, 1.82) is 5.26 Å². The number of carbonyl (C=O) groups excluding carboxylic acids is 1. The van der Waals surface area contributed by atoms with Crippen molar-refractivity contribution in [1.82, 2.24) is 0 Å². The van der Waals surface area contributed by atoms with Gasteiger partial charge in [-0.3, -0.25) is 0 Å². The van der Waals surface area contributed by atoms with Crippen LogP contribution in [0, 0.1) is 11.3 Å². The second kappa shape index (κ2) is 11.5. The van der Waals surface area contributed by atoms with Gasteiger partial charge in [-0.25, -0.2) is 4.79 Å². The van der Waals surface area contributed by atoms with E-state index in [-0.39, 0.29) is 10.8 Å². The van der Waals surface area contributed by atoms with Gasteiger partial charge in [0, 0.05) is 5.02 Å². The molecule has 0 saturated heterocycles. The van der Waals surface area contributed by atoms with Crippen LogP contribution >= 0.6 is 23.2 Å². The first-order chi connectivity index (χ1) is 16.3. The summed E-state index contributed by atoms with van der Waals surface area (Å²) >= 11 is 12.0. The molecule has 8 heteroatoms. The van der Waals surface area contributed by atoms with Gasteiger partial charge in [-0.1, -0.05) is 29.3 Å². The first kappa shape index (κ1) is 25.0. The van der Waals surface area contributed by atoms with Crippen LogP contribution in [0.25, 0.3) is 11.6 Å². The summed E-state index contributed by atoms with van der Waals surface area (Å²) in [5.41, 5.74) is 1.89. The predicted molar refractivity (Wildman–Crippen MR) is 132 cm³/mol. The average molecular weight is 498 g/mol. The van der Waals surface area contributed by atoms with Crippen LogP contribution in [-0.2, 0) is 4.79 Å². The van der Waals surface area contributed by atoms with Crippen molar-refractivity contribution < 1.29 is 23.7 Å². The van der Waals surface area contributed by atoms with Crippen molar-refractivity contribution in [2.24, 2.45) is 0 Å². The number of hydrogen-bond donors (Lipinski definition) is 0. The van der Waals surface area contributed by atoms with Gasteiger partial charge >= 0.3 is 5.97 Å². The van der Waals surface area contributed by atoms with Crippen LogP contribution in [0.1, 0.15) is 18.1 Å². The zero-order valence-electron chi connectivity index (χ0n) is 18.7. The molecule has 3 rings (SSSR count). The van der Waals surface area contributed by atoms with E-state index in [1.165, 1.54) is 13.2 Å². The Balaban J connectivity index is 1.76. The minimum Gasteiger partial charge on any atom is -0.497 e. The Kier molecular flexibility index (Phi) is 8.42. The van der Waals surface area contributed by atoms with Gasteiger partial charge in [-0.15, -0.1) is 0 Å². The molecule has 0 saturated carbocycles. The van der Waals surface area contributed by atoms with Gasteiger partial charge in [0.05, 0.1) is 30.9 Å². The molecule has 0 amide bonds. The molecule has 1 unspecified atom stereocenters. The fourth-order valence-corrected chi connectivity index (χ4v) is 3.43. The lowest BCUT2D eigenvalue weighted by Gasteiger charge is -2.16. The Labute approximate surface area is 207 Å². The number of esters is 1. The summed E-state index contributed by atoms with van der Waals surface area (Å²) in [6, 6.07) is 19.0. The van der Waals surface area contributed by atoms with Gasteiger partial charge in [-0.2, -0.15) is 5.26 Å². The molecule has 0 radical (unpaired) electrons. The van der Waals surface area contributed by atoms with E-state index in [1.807, 2.05) is 0 Å². The van der Waals surface area contributed by atoms with Crippen LogP contribution in [-0.4, -0.2) is 26.3 Å². The minimum absolute atomic E-state index is 0.213. The molecular formula is C26H21Cl2NO5. The molecule has 0 heterocycles. The first-order valence-electron chi connectivity index (χ1n) is 10.1. The minimum atomic E-state index is -0.941. The number of benzene rings is 3. The van der Waals surface area contributed by atoms with Gasteiger partial charge in [-0.05, 0) is 78.7 Å². The lowest BCUT2D eigenvalue weighted by molar-refractivity contribution is -0.141. The molecule has 0 fully saturated rings. The largest absolute Gasteiger partial charge is 0.497 e. The van der Waals surface area contributed by atoms with Crippen LogP contribution in [0.5, 0.6) is 23.0 Å². The summed E-state index contributed by atoms with van der Waals surface area (Å²) in [7, 11) is 3.04. The Morgan fingerprint density at radius 2 is 1.65 bits per heavy atom. The zero-order valence-corrected chi connectivity index (χ0v) is 20.2. The van der Waals surface area contributed by atoms with E-state index in [9.17, 15) is 10.1 Å². The lowest BCUT2D eigenvalue weighted by Crippen LogP contribution is -2.28. The number of methoxy groups -OCH3 is 2. The topological polar surface area (TPSA) is 77.8 Å². The second-order valence-corrected chi connectivity index (χ2v) is 7.91. The van der Waals surface area contributed by atoms with E-state index in [4.69, 9.17) is 42.1 Å². The summed E-state index contributed by atoms with van der Waals surface area (Å²) in [5, 5.41) is 10.3. The summed E-state index contributed by atoms with van der Waals surface area (Å²) in [6.07, 6.45) is 0.771. The highest BCUT2D eigenvalue weighted by Crippen LogP contribution is 2.32. The fraction of sp³-hybridized carbons (Fsp3) is 0.154.